The first-order chi connectivity index (χ1) is 8.65. The Hall–Kier alpha value is -1.68. The molecule has 2 heterocycles. The monoisotopic (exact) mass is 244 g/mol. The summed E-state index contributed by atoms with van der Waals surface area (Å²) in [6.07, 6.45) is 7.29. The third kappa shape index (κ3) is 3.40. The third-order valence-electron chi connectivity index (χ3n) is 2.88. The topological polar surface area (TPSA) is 56.7 Å². The van der Waals surface area contributed by atoms with Crippen LogP contribution in [0.5, 0.6) is 0 Å². The van der Waals surface area contributed by atoms with Crippen LogP contribution in [0.1, 0.15) is 31.1 Å². The van der Waals surface area contributed by atoms with Crippen LogP contribution in [0.2, 0.25) is 0 Å². The highest BCUT2D eigenvalue weighted by molar-refractivity contribution is 5.11. The van der Waals surface area contributed by atoms with Crippen molar-refractivity contribution in [3.8, 4) is 0 Å². The van der Waals surface area contributed by atoms with Gasteiger partial charge in [0.15, 0.2) is 0 Å². The normalized spacial score (nSPS) is 12.9. The van der Waals surface area contributed by atoms with E-state index in [0.29, 0.717) is 6.04 Å². The number of hydrogen-bond acceptors (Lipinski definition) is 3. The molecule has 4 nitrogen and oxygen atoms in total. The number of aromatic nitrogens is 3. The van der Waals surface area contributed by atoms with Crippen molar-refractivity contribution in [1.82, 2.24) is 14.8 Å². The number of rotatable bonds is 5. The van der Waals surface area contributed by atoms with Gasteiger partial charge in [0.1, 0.15) is 0 Å². The van der Waals surface area contributed by atoms with Crippen molar-refractivity contribution in [2.24, 2.45) is 5.73 Å². The Morgan fingerprint density at radius 3 is 2.72 bits per heavy atom. The molecule has 0 aliphatic heterocycles. The number of hydrogen-bond donors (Lipinski definition) is 1. The van der Waals surface area contributed by atoms with Gasteiger partial charge < -0.3 is 5.73 Å². The average molecular weight is 244 g/mol. The molecular weight excluding hydrogens is 224 g/mol. The van der Waals surface area contributed by atoms with Crippen molar-refractivity contribution in [3.63, 3.8) is 0 Å². The Kier molecular flexibility index (Phi) is 4.10. The molecule has 0 saturated heterocycles. The molecule has 0 aliphatic rings. The molecular formula is C14H20N4. The molecule has 0 radical (unpaired) electrons. The first-order valence-electron chi connectivity index (χ1n) is 6.33. The lowest BCUT2D eigenvalue weighted by Crippen LogP contribution is -2.25. The molecule has 0 aliphatic carbocycles. The molecule has 2 aromatic heterocycles. The van der Waals surface area contributed by atoms with Gasteiger partial charge in [-0.3, -0.25) is 9.67 Å². The molecule has 96 valence electrons. The van der Waals surface area contributed by atoms with Crippen molar-refractivity contribution in [2.75, 3.05) is 0 Å². The van der Waals surface area contributed by atoms with Gasteiger partial charge in [-0.05, 0) is 38.0 Å². The summed E-state index contributed by atoms with van der Waals surface area (Å²) in [6, 6.07) is 6.52. The van der Waals surface area contributed by atoms with E-state index >= 15 is 0 Å². The van der Waals surface area contributed by atoms with Crippen molar-refractivity contribution < 1.29 is 0 Å². The first-order valence-corrected chi connectivity index (χ1v) is 6.33. The Labute approximate surface area is 108 Å². The number of pyridine rings is 1. The van der Waals surface area contributed by atoms with Gasteiger partial charge in [0, 0.05) is 37.1 Å². The van der Waals surface area contributed by atoms with E-state index in [1.54, 1.807) is 6.20 Å². The van der Waals surface area contributed by atoms with Crippen molar-refractivity contribution in [2.45, 2.75) is 38.8 Å². The molecule has 0 bridgehead atoms. The maximum Gasteiger partial charge on any atom is 0.0640 e. The smallest absolute Gasteiger partial charge is 0.0640 e. The van der Waals surface area contributed by atoms with Crippen LogP contribution in [-0.2, 0) is 12.8 Å². The van der Waals surface area contributed by atoms with Gasteiger partial charge in [0.25, 0.3) is 0 Å². The van der Waals surface area contributed by atoms with E-state index in [0.717, 1.165) is 18.5 Å². The van der Waals surface area contributed by atoms with E-state index in [-0.39, 0.29) is 6.04 Å². The summed E-state index contributed by atoms with van der Waals surface area (Å²) in [6.45, 7) is 4.23. The zero-order valence-corrected chi connectivity index (χ0v) is 11.0. The fraction of sp³-hybridized carbons (Fsp3) is 0.429. The number of nitrogens with zero attached hydrogens (tertiary/aromatic N) is 3. The fourth-order valence-electron chi connectivity index (χ4n) is 1.94. The van der Waals surface area contributed by atoms with Gasteiger partial charge >= 0.3 is 0 Å². The van der Waals surface area contributed by atoms with E-state index in [9.17, 15) is 0 Å². The zero-order chi connectivity index (χ0) is 13.0. The quantitative estimate of drug-likeness (QED) is 0.875. The molecule has 0 amide bonds. The molecule has 1 unspecified atom stereocenters. The highest BCUT2D eigenvalue weighted by Crippen LogP contribution is 2.08. The van der Waals surface area contributed by atoms with Crippen molar-refractivity contribution in [1.29, 1.82) is 0 Å². The molecule has 1 atom stereocenters. The van der Waals surface area contributed by atoms with Crippen LogP contribution >= 0.6 is 0 Å². The van der Waals surface area contributed by atoms with Gasteiger partial charge in [-0.2, -0.15) is 5.10 Å². The van der Waals surface area contributed by atoms with Crippen LogP contribution in [-0.4, -0.2) is 20.8 Å². The Morgan fingerprint density at radius 1 is 1.28 bits per heavy atom. The van der Waals surface area contributed by atoms with Gasteiger partial charge in [-0.25, -0.2) is 0 Å². The second-order valence-corrected chi connectivity index (χ2v) is 4.91. The minimum absolute atomic E-state index is 0.0877. The lowest BCUT2D eigenvalue weighted by molar-refractivity contribution is 0.521. The van der Waals surface area contributed by atoms with Crippen molar-refractivity contribution in [3.05, 3.63) is 48.0 Å². The SMILES string of the molecule is CC(C)n1ccc(CC(N)Cc2cccnc2)n1. The summed E-state index contributed by atoms with van der Waals surface area (Å²) >= 11 is 0. The van der Waals surface area contributed by atoms with Crippen LogP contribution in [0.3, 0.4) is 0 Å². The zero-order valence-electron chi connectivity index (χ0n) is 11.0. The summed E-state index contributed by atoms with van der Waals surface area (Å²) in [4.78, 5) is 4.10. The summed E-state index contributed by atoms with van der Waals surface area (Å²) in [5, 5.41) is 4.51. The van der Waals surface area contributed by atoms with Crippen LogP contribution in [0.25, 0.3) is 0 Å². The lowest BCUT2D eigenvalue weighted by atomic mass is 10.0. The Bertz CT molecular complexity index is 476. The summed E-state index contributed by atoms with van der Waals surface area (Å²) in [5.41, 5.74) is 8.38. The molecule has 0 aromatic carbocycles. The Balaban J connectivity index is 1.92. The van der Waals surface area contributed by atoms with Gasteiger partial charge in [0.05, 0.1) is 5.69 Å². The molecule has 0 saturated carbocycles. The highest BCUT2D eigenvalue weighted by Gasteiger charge is 2.08. The van der Waals surface area contributed by atoms with Gasteiger partial charge in [0.2, 0.25) is 0 Å². The maximum atomic E-state index is 6.15. The maximum absolute atomic E-state index is 6.15. The lowest BCUT2D eigenvalue weighted by Gasteiger charge is -2.10. The summed E-state index contributed by atoms with van der Waals surface area (Å²) in [5.74, 6) is 0. The average Bonchev–Trinajstić information content (AvgIpc) is 2.78. The predicted molar refractivity (Wildman–Crippen MR) is 72.2 cm³/mol. The largest absolute Gasteiger partial charge is 0.327 e. The summed E-state index contributed by atoms with van der Waals surface area (Å²) in [7, 11) is 0. The van der Waals surface area contributed by atoms with Crippen molar-refractivity contribution >= 4 is 0 Å². The number of nitrogens with two attached hydrogens (primary N) is 1. The predicted octanol–water partition coefficient (Wildman–Crippen LogP) is 1.97. The van der Waals surface area contributed by atoms with Crippen LogP contribution in [0, 0.1) is 0 Å². The molecule has 0 fully saturated rings. The van der Waals surface area contributed by atoms with E-state index in [2.05, 4.69) is 30.0 Å². The van der Waals surface area contributed by atoms with Crippen LogP contribution < -0.4 is 5.73 Å². The highest BCUT2D eigenvalue weighted by atomic mass is 15.3. The third-order valence-corrected chi connectivity index (χ3v) is 2.88. The molecule has 2 N–H and O–H groups in total. The van der Waals surface area contributed by atoms with E-state index < -0.39 is 0 Å². The van der Waals surface area contributed by atoms with E-state index in [1.807, 2.05) is 29.2 Å². The Morgan fingerprint density at radius 2 is 2.11 bits per heavy atom. The fourth-order valence-corrected chi connectivity index (χ4v) is 1.94. The molecule has 2 rings (SSSR count). The molecule has 2 aromatic rings. The second kappa shape index (κ2) is 5.78. The molecule has 18 heavy (non-hydrogen) atoms. The molecule has 0 spiro atoms. The van der Waals surface area contributed by atoms with Crippen LogP contribution in [0.4, 0.5) is 0 Å². The van der Waals surface area contributed by atoms with Gasteiger partial charge in [-0.15, -0.1) is 0 Å². The van der Waals surface area contributed by atoms with E-state index in [4.69, 9.17) is 5.73 Å². The van der Waals surface area contributed by atoms with Crippen LogP contribution in [0.15, 0.2) is 36.8 Å². The molecule has 4 heteroatoms. The summed E-state index contributed by atoms with van der Waals surface area (Å²) < 4.78 is 1.96. The second-order valence-electron chi connectivity index (χ2n) is 4.91. The minimum atomic E-state index is 0.0877. The van der Waals surface area contributed by atoms with E-state index in [1.165, 1.54) is 5.56 Å². The minimum Gasteiger partial charge on any atom is -0.327 e. The standard InChI is InChI=1S/C14H20N4/c1-11(2)18-7-5-14(17-18)9-13(15)8-12-4-3-6-16-10-12/h3-7,10-11,13H,8-9,15H2,1-2H3. The van der Waals surface area contributed by atoms with Gasteiger partial charge in [-0.1, -0.05) is 6.07 Å². The first kappa shape index (κ1) is 12.8.